The monoisotopic (exact) mass is 369 g/mol. The first-order valence-electron chi connectivity index (χ1n) is 9.52. The van der Waals surface area contributed by atoms with E-state index in [-0.39, 0.29) is 11.9 Å². The van der Waals surface area contributed by atoms with E-state index < -0.39 is 0 Å². The smallest absolute Gasteiger partial charge is 0.254 e. The number of nitrogens with zero attached hydrogens (tertiary/aromatic N) is 2. The van der Waals surface area contributed by atoms with Crippen LogP contribution in [-0.4, -0.2) is 41.5 Å². The van der Waals surface area contributed by atoms with Crippen LogP contribution in [-0.2, 0) is 6.61 Å². The van der Waals surface area contributed by atoms with E-state index in [0.717, 1.165) is 31.4 Å². The second-order valence-electron chi connectivity index (χ2n) is 6.63. The summed E-state index contributed by atoms with van der Waals surface area (Å²) in [4.78, 5) is 19.0. The maximum absolute atomic E-state index is 13.0. The maximum Gasteiger partial charge on any atom is 0.254 e. The third-order valence-corrected chi connectivity index (χ3v) is 4.77. The number of pyridine rings is 1. The molecule has 1 aromatic carbocycles. The molecule has 0 spiro atoms. The van der Waals surface area contributed by atoms with E-state index in [1.165, 1.54) is 0 Å². The van der Waals surface area contributed by atoms with Crippen LogP contribution in [0.25, 0.3) is 0 Å². The fourth-order valence-corrected chi connectivity index (χ4v) is 3.35. The van der Waals surface area contributed by atoms with Crippen molar-refractivity contribution >= 4 is 5.91 Å². The number of hydrogen-bond acceptors (Lipinski definition) is 5. The van der Waals surface area contributed by atoms with Crippen molar-refractivity contribution in [1.29, 1.82) is 0 Å². The molecule has 1 fully saturated rings. The molecule has 0 saturated carbocycles. The third-order valence-electron chi connectivity index (χ3n) is 4.77. The first-order valence-corrected chi connectivity index (χ1v) is 9.52. The van der Waals surface area contributed by atoms with Gasteiger partial charge in [0, 0.05) is 42.7 Å². The van der Waals surface area contributed by atoms with Crippen molar-refractivity contribution in [1.82, 2.24) is 9.88 Å². The molecule has 144 valence electrons. The minimum Gasteiger partial charge on any atom is -0.490 e. The quantitative estimate of drug-likeness (QED) is 0.812. The Morgan fingerprint density at radius 2 is 2.15 bits per heavy atom. The van der Waals surface area contributed by atoms with Crippen LogP contribution in [0.5, 0.6) is 11.5 Å². The number of carbonyl (C=O) groups is 1. The molecule has 27 heavy (non-hydrogen) atoms. The highest BCUT2D eigenvalue weighted by atomic mass is 16.5. The van der Waals surface area contributed by atoms with Gasteiger partial charge >= 0.3 is 0 Å². The fourth-order valence-electron chi connectivity index (χ4n) is 3.35. The standard InChI is InChI=1S/C21H27N3O3/c1-2-26-20-12-17(21(25)24-11-4-3-7-18(24)13-22)8-9-19(20)27-15-16-6-5-10-23-14-16/h5-6,8-10,12,14,18H,2-4,7,11,13,15,22H2,1H3/t18-/m1/s1. The van der Waals surface area contributed by atoms with Crippen molar-refractivity contribution in [2.45, 2.75) is 38.8 Å². The van der Waals surface area contributed by atoms with Crippen molar-refractivity contribution in [3.8, 4) is 11.5 Å². The van der Waals surface area contributed by atoms with E-state index in [2.05, 4.69) is 4.98 Å². The van der Waals surface area contributed by atoms with Crippen LogP contribution >= 0.6 is 0 Å². The van der Waals surface area contributed by atoms with E-state index >= 15 is 0 Å². The fraction of sp³-hybridized carbons (Fsp3) is 0.429. The zero-order valence-electron chi connectivity index (χ0n) is 15.8. The zero-order valence-corrected chi connectivity index (χ0v) is 15.8. The van der Waals surface area contributed by atoms with Crippen LogP contribution in [0.2, 0.25) is 0 Å². The number of rotatable bonds is 7. The molecule has 2 aromatic rings. The van der Waals surface area contributed by atoms with Gasteiger partial charge in [0.15, 0.2) is 11.5 Å². The summed E-state index contributed by atoms with van der Waals surface area (Å²) >= 11 is 0. The summed E-state index contributed by atoms with van der Waals surface area (Å²) in [5, 5.41) is 0. The van der Waals surface area contributed by atoms with E-state index in [4.69, 9.17) is 15.2 Å². The summed E-state index contributed by atoms with van der Waals surface area (Å²) in [5.74, 6) is 1.20. The van der Waals surface area contributed by atoms with E-state index in [1.807, 2.05) is 24.0 Å². The van der Waals surface area contributed by atoms with Crippen molar-refractivity contribution in [2.24, 2.45) is 5.73 Å². The van der Waals surface area contributed by atoms with Gasteiger partial charge in [0.2, 0.25) is 0 Å². The first-order chi connectivity index (χ1) is 13.2. The highest BCUT2D eigenvalue weighted by molar-refractivity contribution is 5.95. The van der Waals surface area contributed by atoms with E-state index in [0.29, 0.717) is 36.8 Å². The molecular weight excluding hydrogens is 342 g/mol. The summed E-state index contributed by atoms with van der Waals surface area (Å²) in [6.45, 7) is 4.05. The lowest BCUT2D eigenvalue weighted by atomic mass is 10.0. The molecule has 2 heterocycles. The normalized spacial score (nSPS) is 16.8. The lowest BCUT2D eigenvalue weighted by Gasteiger charge is -2.35. The van der Waals surface area contributed by atoms with Gasteiger partial charge in [-0.2, -0.15) is 0 Å². The van der Waals surface area contributed by atoms with Crippen LogP contribution in [0.15, 0.2) is 42.7 Å². The number of carbonyl (C=O) groups excluding carboxylic acids is 1. The Hall–Kier alpha value is -2.60. The van der Waals surface area contributed by atoms with Crippen molar-refractivity contribution < 1.29 is 14.3 Å². The van der Waals surface area contributed by atoms with Gasteiger partial charge in [-0.1, -0.05) is 6.07 Å². The van der Waals surface area contributed by atoms with Crippen molar-refractivity contribution in [2.75, 3.05) is 19.7 Å². The van der Waals surface area contributed by atoms with Gasteiger partial charge in [-0.25, -0.2) is 0 Å². The van der Waals surface area contributed by atoms with Gasteiger partial charge in [0.25, 0.3) is 5.91 Å². The average molecular weight is 369 g/mol. The molecule has 2 N–H and O–H groups in total. The molecule has 1 aliphatic rings. The Kier molecular flexibility index (Phi) is 6.65. The molecule has 0 bridgehead atoms. The molecule has 1 aromatic heterocycles. The minimum atomic E-state index is 0.00455. The molecule has 0 aliphatic carbocycles. The lowest BCUT2D eigenvalue weighted by molar-refractivity contribution is 0.0623. The molecule has 6 nitrogen and oxygen atoms in total. The molecule has 3 rings (SSSR count). The topological polar surface area (TPSA) is 77.7 Å². The highest BCUT2D eigenvalue weighted by Gasteiger charge is 2.27. The zero-order chi connectivity index (χ0) is 19.1. The van der Waals surface area contributed by atoms with Gasteiger partial charge in [0.1, 0.15) is 6.61 Å². The Morgan fingerprint density at radius 1 is 1.26 bits per heavy atom. The second kappa shape index (κ2) is 9.37. The highest BCUT2D eigenvalue weighted by Crippen LogP contribution is 2.30. The van der Waals surface area contributed by atoms with Crippen LogP contribution in [0.3, 0.4) is 0 Å². The molecule has 1 saturated heterocycles. The summed E-state index contributed by atoms with van der Waals surface area (Å²) in [5.41, 5.74) is 7.44. The van der Waals surface area contributed by atoms with Gasteiger partial charge in [-0.3, -0.25) is 9.78 Å². The summed E-state index contributed by atoms with van der Waals surface area (Å²) < 4.78 is 11.6. The lowest BCUT2D eigenvalue weighted by Crippen LogP contribution is -2.47. The summed E-state index contributed by atoms with van der Waals surface area (Å²) in [6.07, 6.45) is 6.60. The average Bonchev–Trinajstić information content (AvgIpc) is 2.73. The molecular formula is C21H27N3O3. The second-order valence-corrected chi connectivity index (χ2v) is 6.63. The largest absolute Gasteiger partial charge is 0.490 e. The van der Waals surface area contributed by atoms with Gasteiger partial charge < -0.3 is 20.1 Å². The predicted octanol–water partition coefficient (Wildman–Crippen LogP) is 3.01. The van der Waals surface area contributed by atoms with E-state index in [1.54, 1.807) is 30.6 Å². The van der Waals surface area contributed by atoms with Gasteiger partial charge in [-0.15, -0.1) is 0 Å². The number of nitrogens with two attached hydrogens (primary N) is 1. The number of likely N-dealkylation sites (tertiary alicyclic amines) is 1. The SMILES string of the molecule is CCOc1cc(C(=O)N2CCCC[C@@H]2CN)ccc1OCc1cccnc1. The predicted molar refractivity (Wildman–Crippen MR) is 104 cm³/mol. The number of hydrogen-bond donors (Lipinski definition) is 1. The summed E-state index contributed by atoms with van der Waals surface area (Å²) in [7, 11) is 0. The Morgan fingerprint density at radius 3 is 2.89 bits per heavy atom. The first kappa shape index (κ1) is 19.2. The van der Waals surface area contributed by atoms with Crippen LogP contribution in [0.4, 0.5) is 0 Å². The molecule has 1 amide bonds. The Bertz CT molecular complexity index is 752. The Balaban J connectivity index is 1.77. The molecule has 6 heteroatoms. The minimum absolute atomic E-state index is 0.00455. The molecule has 0 radical (unpaired) electrons. The van der Waals surface area contributed by atoms with Crippen LogP contribution < -0.4 is 15.2 Å². The number of amides is 1. The molecule has 1 aliphatic heterocycles. The number of ether oxygens (including phenoxy) is 2. The third kappa shape index (κ3) is 4.77. The van der Waals surface area contributed by atoms with Crippen LogP contribution in [0, 0.1) is 0 Å². The number of benzene rings is 1. The molecule has 1 atom stereocenters. The van der Waals surface area contributed by atoms with Gasteiger partial charge in [-0.05, 0) is 50.5 Å². The maximum atomic E-state index is 13.0. The molecule has 0 unspecified atom stereocenters. The van der Waals surface area contributed by atoms with Crippen molar-refractivity contribution in [3.63, 3.8) is 0 Å². The summed E-state index contributed by atoms with van der Waals surface area (Å²) in [6, 6.07) is 9.31. The number of piperidine rings is 1. The van der Waals surface area contributed by atoms with Gasteiger partial charge in [0.05, 0.1) is 6.61 Å². The van der Waals surface area contributed by atoms with E-state index in [9.17, 15) is 4.79 Å². The number of aromatic nitrogens is 1. The van der Waals surface area contributed by atoms with Crippen LogP contribution in [0.1, 0.15) is 42.1 Å². The van der Waals surface area contributed by atoms with Crippen molar-refractivity contribution in [3.05, 3.63) is 53.9 Å². The Labute approximate surface area is 160 Å².